The summed E-state index contributed by atoms with van der Waals surface area (Å²) in [5.74, 6) is 0.0515. The van der Waals surface area contributed by atoms with E-state index in [9.17, 15) is 0 Å². The van der Waals surface area contributed by atoms with Gasteiger partial charge in [0, 0.05) is 0 Å². The largest absolute Gasteiger partial charge is 0.198 e. The van der Waals surface area contributed by atoms with Gasteiger partial charge in [-0.1, -0.05) is 24.6 Å². The van der Waals surface area contributed by atoms with Crippen molar-refractivity contribution >= 4 is 0 Å². The van der Waals surface area contributed by atoms with Gasteiger partial charge in [-0.2, -0.15) is 5.26 Å². The lowest BCUT2D eigenvalue weighted by atomic mass is 9.89. The van der Waals surface area contributed by atoms with Crippen molar-refractivity contribution in [1.29, 1.82) is 5.26 Å². The molecular weight excluding hydrogens is 170 g/mol. The molecular formula is C13H17N. The zero-order valence-corrected chi connectivity index (χ0v) is 9.39. The Kier molecular flexibility index (Phi) is 3.30. The van der Waals surface area contributed by atoms with Gasteiger partial charge in [-0.15, -0.1) is 0 Å². The summed E-state index contributed by atoms with van der Waals surface area (Å²) < 4.78 is 0. The topological polar surface area (TPSA) is 23.8 Å². The molecule has 14 heavy (non-hydrogen) atoms. The molecule has 0 saturated carbocycles. The van der Waals surface area contributed by atoms with Gasteiger partial charge in [-0.05, 0) is 43.9 Å². The van der Waals surface area contributed by atoms with Gasteiger partial charge in [0.1, 0.15) is 0 Å². The van der Waals surface area contributed by atoms with Crippen molar-refractivity contribution in [3.05, 3.63) is 34.4 Å². The molecule has 74 valence electrons. The molecule has 0 saturated heterocycles. The highest BCUT2D eigenvalue weighted by Crippen LogP contribution is 2.26. The third-order valence-electron chi connectivity index (χ3n) is 2.65. The molecule has 1 aromatic carbocycles. The molecule has 0 N–H and O–H groups in total. The van der Waals surface area contributed by atoms with Crippen LogP contribution in [0.1, 0.15) is 41.5 Å². The quantitative estimate of drug-likeness (QED) is 0.693. The van der Waals surface area contributed by atoms with Gasteiger partial charge in [-0.25, -0.2) is 0 Å². The van der Waals surface area contributed by atoms with Gasteiger partial charge < -0.3 is 0 Å². The van der Waals surface area contributed by atoms with Crippen LogP contribution in [0.15, 0.2) is 12.1 Å². The van der Waals surface area contributed by atoms with Gasteiger partial charge in [0.05, 0.1) is 12.0 Å². The van der Waals surface area contributed by atoms with Gasteiger partial charge in [0.25, 0.3) is 0 Å². The molecule has 0 radical (unpaired) electrons. The number of hydrogen-bond acceptors (Lipinski definition) is 1. The second-order valence-corrected chi connectivity index (χ2v) is 3.90. The fourth-order valence-electron chi connectivity index (χ4n) is 2.10. The van der Waals surface area contributed by atoms with E-state index in [1.165, 1.54) is 22.3 Å². The molecule has 0 aliphatic heterocycles. The van der Waals surface area contributed by atoms with Crippen LogP contribution in [-0.4, -0.2) is 0 Å². The minimum Gasteiger partial charge on any atom is -0.198 e. The zero-order valence-electron chi connectivity index (χ0n) is 9.39. The molecule has 0 amide bonds. The van der Waals surface area contributed by atoms with E-state index >= 15 is 0 Å². The first-order valence-electron chi connectivity index (χ1n) is 5.07. The van der Waals surface area contributed by atoms with E-state index in [-0.39, 0.29) is 5.92 Å². The van der Waals surface area contributed by atoms with E-state index in [2.05, 4.69) is 45.9 Å². The van der Waals surface area contributed by atoms with Crippen LogP contribution in [0.25, 0.3) is 0 Å². The van der Waals surface area contributed by atoms with Crippen LogP contribution in [0.3, 0.4) is 0 Å². The zero-order chi connectivity index (χ0) is 10.7. The minimum absolute atomic E-state index is 0.0515. The maximum absolute atomic E-state index is 9.05. The monoisotopic (exact) mass is 187 g/mol. The predicted octanol–water partition coefficient (Wildman–Crippen LogP) is 3.63. The van der Waals surface area contributed by atoms with Gasteiger partial charge in [0.15, 0.2) is 0 Å². The lowest BCUT2D eigenvalue weighted by Gasteiger charge is -2.14. The second kappa shape index (κ2) is 4.28. The molecule has 1 unspecified atom stereocenters. The third-order valence-corrected chi connectivity index (χ3v) is 2.65. The Morgan fingerprint density at radius 2 is 1.71 bits per heavy atom. The van der Waals surface area contributed by atoms with E-state index in [0.717, 1.165) is 6.42 Å². The van der Waals surface area contributed by atoms with Crippen molar-refractivity contribution in [1.82, 2.24) is 0 Å². The molecule has 0 aliphatic carbocycles. The van der Waals surface area contributed by atoms with Crippen LogP contribution in [0.5, 0.6) is 0 Å². The van der Waals surface area contributed by atoms with Gasteiger partial charge >= 0.3 is 0 Å². The number of nitriles is 1. The molecule has 1 rings (SSSR count). The molecule has 0 aliphatic rings. The lowest BCUT2D eigenvalue weighted by Crippen LogP contribution is -2.01. The van der Waals surface area contributed by atoms with Crippen molar-refractivity contribution in [2.24, 2.45) is 0 Å². The summed E-state index contributed by atoms with van der Waals surface area (Å²) in [5.41, 5.74) is 4.99. The summed E-state index contributed by atoms with van der Waals surface area (Å²) in [4.78, 5) is 0. The Morgan fingerprint density at radius 1 is 1.21 bits per heavy atom. The predicted molar refractivity (Wildman–Crippen MR) is 59.3 cm³/mol. The van der Waals surface area contributed by atoms with Crippen LogP contribution in [-0.2, 0) is 0 Å². The minimum atomic E-state index is 0.0515. The van der Waals surface area contributed by atoms with E-state index < -0.39 is 0 Å². The summed E-state index contributed by atoms with van der Waals surface area (Å²) in [6, 6.07) is 6.68. The van der Waals surface area contributed by atoms with E-state index in [0.29, 0.717) is 0 Å². The molecule has 1 aromatic rings. The van der Waals surface area contributed by atoms with Crippen LogP contribution >= 0.6 is 0 Å². The van der Waals surface area contributed by atoms with Gasteiger partial charge in [0.2, 0.25) is 0 Å². The molecule has 1 heteroatoms. The van der Waals surface area contributed by atoms with Crippen LogP contribution < -0.4 is 0 Å². The summed E-state index contributed by atoms with van der Waals surface area (Å²) in [6.45, 7) is 8.34. The number of nitrogens with zero attached hydrogens (tertiary/aromatic N) is 1. The summed E-state index contributed by atoms with van der Waals surface area (Å²) >= 11 is 0. The van der Waals surface area contributed by atoms with Gasteiger partial charge in [-0.3, -0.25) is 0 Å². The molecule has 0 heterocycles. The Morgan fingerprint density at radius 3 is 2.07 bits per heavy atom. The highest BCUT2D eigenvalue weighted by Gasteiger charge is 2.13. The fraction of sp³-hybridized carbons (Fsp3) is 0.462. The molecule has 1 nitrogen and oxygen atoms in total. The first-order chi connectivity index (χ1) is 6.60. The number of hydrogen-bond donors (Lipinski definition) is 0. The normalized spacial score (nSPS) is 12.2. The highest BCUT2D eigenvalue weighted by molar-refractivity contribution is 5.42. The summed E-state index contributed by atoms with van der Waals surface area (Å²) in [7, 11) is 0. The average molecular weight is 187 g/mol. The lowest BCUT2D eigenvalue weighted by molar-refractivity contribution is 0.803. The summed E-state index contributed by atoms with van der Waals surface area (Å²) in [5, 5.41) is 9.05. The standard InChI is InChI=1S/C13H17N/c1-5-12(8-14)13-10(3)6-9(2)7-11(13)4/h6-7,12H,5H2,1-4H3. The van der Waals surface area contributed by atoms with E-state index in [1.54, 1.807) is 0 Å². The summed E-state index contributed by atoms with van der Waals surface area (Å²) in [6.07, 6.45) is 0.890. The molecule has 0 bridgehead atoms. The highest BCUT2D eigenvalue weighted by atomic mass is 14.3. The SMILES string of the molecule is CCC(C#N)c1c(C)cc(C)cc1C. The smallest absolute Gasteiger partial charge is 0.0715 e. The van der Waals surface area contributed by atoms with Crippen LogP contribution in [0, 0.1) is 32.1 Å². The molecule has 0 aromatic heterocycles. The maximum atomic E-state index is 9.05. The molecule has 0 fully saturated rings. The average Bonchev–Trinajstić information content (AvgIpc) is 2.10. The van der Waals surface area contributed by atoms with E-state index in [1.807, 2.05) is 0 Å². The molecule has 1 atom stereocenters. The maximum Gasteiger partial charge on any atom is 0.0715 e. The number of rotatable bonds is 2. The first kappa shape index (κ1) is 10.8. The van der Waals surface area contributed by atoms with Crippen molar-refractivity contribution in [2.45, 2.75) is 40.0 Å². The second-order valence-electron chi connectivity index (χ2n) is 3.90. The van der Waals surface area contributed by atoms with Crippen LogP contribution in [0.4, 0.5) is 0 Å². The van der Waals surface area contributed by atoms with Crippen molar-refractivity contribution in [3.63, 3.8) is 0 Å². The number of aryl methyl sites for hydroxylation is 3. The Labute approximate surface area is 86.4 Å². The Bertz CT molecular complexity index is 348. The Hall–Kier alpha value is -1.29. The number of benzene rings is 1. The Balaban J connectivity index is 3.28. The molecule has 0 spiro atoms. The van der Waals surface area contributed by atoms with E-state index in [4.69, 9.17) is 5.26 Å². The fourth-order valence-corrected chi connectivity index (χ4v) is 2.10. The first-order valence-corrected chi connectivity index (χ1v) is 5.07. The third kappa shape index (κ3) is 1.96. The van der Waals surface area contributed by atoms with Crippen LogP contribution in [0.2, 0.25) is 0 Å². The van der Waals surface area contributed by atoms with Crippen molar-refractivity contribution in [2.75, 3.05) is 0 Å². The van der Waals surface area contributed by atoms with Crippen molar-refractivity contribution < 1.29 is 0 Å². The van der Waals surface area contributed by atoms with Crippen molar-refractivity contribution in [3.8, 4) is 6.07 Å².